The van der Waals surface area contributed by atoms with Crippen LogP contribution < -0.4 is 4.90 Å². The fraction of sp³-hybridized carbons (Fsp3) is 0.412. The van der Waals surface area contributed by atoms with Crippen molar-refractivity contribution in [2.24, 2.45) is 0 Å². The number of carboxylic acid groups (broad SMARTS) is 2. The van der Waals surface area contributed by atoms with Crippen molar-refractivity contribution in [3.63, 3.8) is 0 Å². The summed E-state index contributed by atoms with van der Waals surface area (Å²) in [6, 6.07) is 5.74. The van der Waals surface area contributed by atoms with Crippen LogP contribution >= 0.6 is 0 Å². The second-order valence-corrected chi connectivity index (χ2v) is 6.34. The molecule has 2 heterocycles. The zero-order chi connectivity index (χ0) is 18.1. The molecular formula is C17H22N2O5. The summed E-state index contributed by atoms with van der Waals surface area (Å²) in [5.74, 6) is -2.14. The third kappa shape index (κ3) is 3.21. The number of hydrogen-bond donors (Lipinski definition) is 3. The Labute approximate surface area is 140 Å². The maximum Gasteiger partial charge on any atom is 0.328 e. The molecule has 0 saturated carbocycles. The van der Waals surface area contributed by atoms with E-state index in [0.29, 0.717) is 24.1 Å². The Balaban J connectivity index is 0.000000224. The highest BCUT2D eigenvalue weighted by molar-refractivity contribution is 5.89. The van der Waals surface area contributed by atoms with E-state index in [0.717, 1.165) is 13.0 Å². The number of carboxylic acids is 2. The molecule has 0 aliphatic carbocycles. The van der Waals surface area contributed by atoms with Crippen molar-refractivity contribution in [3.05, 3.63) is 35.9 Å². The molecule has 1 aromatic rings. The first-order chi connectivity index (χ1) is 11.2. The number of aromatic hydroxyl groups is 1. The van der Waals surface area contributed by atoms with Gasteiger partial charge >= 0.3 is 11.9 Å². The van der Waals surface area contributed by atoms with Gasteiger partial charge in [-0.1, -0.05) is 6.92 Å². The van der Waals surface area contributed by atoms with Crippen LogP contribution in [-0.4, -0.2) is 59.0 Å². The minimum atomic E-state index is -1.26. The maximum absolute atomic E-state index is 9.65. The summed E-state index contributed by atoms with van der Waals surface area (Å²) in [6.45, 7) is 3.43. The molecule has 0 aromatic heterocycles. The van der Waals surface area contributed by atoms with Gasteiger partial charge in [-0.15, -0.1) is 0 Å². The lowest BCUT2D eigenvalue weighted by Gasteiger charge is -2.32. The molecule has 3 N–H and O–H groups in total. The van der Waals surface area contributed by atoms with Crippen molar-refractivity contribution in [2.75, 3.05) is 25.5 Å². The summed E-state index contributed by atoms with van der Waals surface area (Å²) in [4.78, 5) is 23.8. The quantitative estimate of drug-likeness (QED) is 0.704. The van der Waals surface area contributed by atoms with Crippen LogP contribution in [0.25, 0.3) is 0 Å². The molecule has 1 aromatic carbocycles. The fourth-order valence-corrected chi connectivity index (χ4v) is 3.71. The van der Waals surface area contributed by atoms with Crippen LogP contribution in [-0.2, 0) is 15.0 Å². The van der Waals surface area contributed by atoms with Crippen LogP contribution in [0.1, 0.15) is 18.9 Å². The van der Waals surface area contributed by atoms with Crippen LogP contribution in [0.5, 0.6) is 5.75 Å². The van der Waals surface area contributed by atoms with Crippen molar-refractivity contribution in [3.8, 4) is 5.75 Å². The summed E-state index contributed by atoms with van der Waals surface area (Å²) in [7, 11) is 4.33. The lowest BCUT2D eigenvalue weighted by molar-refractivity contribution is -0.134. The minimum Gasteiger partial charge on any atom is -0.508 e. The number of carbonyl (C=O) groups is 2. The molecule has 7 nitrogen and oxygen atoms in total. The van der Waals surface area contributed by atoms with Gasteiger partial charge in [0.05, 0.1) is 6.17 Å². The Morgan fingerprint density at radius 2 is 1.79 bits per heavy atom. The first-order valence-electron chi connectivity index (χ1n) is 7.57. The van der Waals surface area contributed by atoms with Gasteiger partial charge in [-0.05, 0) is 37.2 Å². The summed E-state index contributed by atoms with van der Waals surface area (Å²) in [6.07, 6.45) is 2.71. The molecule has 1 unspecified atom stereocenters. The van der Waals surface area contributed by atoms with E-state index in [-0.39, 0.29) is 5.41 Å². The number of hydrogen-bond acceptors (Lipinski definition) is 5. The Bertz CT molecular complexity index is 672. The monoisotopic (exact) mass is 334 g/mol. The number of nitrogens with zero attached hydrogens (tertiary/aromatic N) is 2. The van der Waals surface area contributed by atoms with Crippen LogP contribution in [0, 0.1) is 0 Å². The third-order valence-electron chi connectivity index (χ3n) is 4.68. The highest BCUT2D eigenvalue weighted by Crippen LogP contribution is 2.51. The number of likely N-dealkylation sites (N-methyl/N-ethyl adjacent to an activating group) is 2. The lowest BCUT2D eigenvalue weighted by Crippen LogP contribution is -2.45. The van der Waals surface area contributed by atoms with Gasteiger partial charge in [-0.2, -0.15) is 0 Å². The van der Waals surface area contributed by atoms with E-state index in [4.69, 9.17) is 10.2 Å². The number of aliphatic carboxylic acids is 2. The van der Waals surface area contributed by atoms with E-state index in [1.807, 2.05) is 12.1 Å². The topological polar surface area (TPSA) is 101 Å². The Morgan fingerprint density at radius 3 is 2.33 bits per heavy atom. The number of rotatable bonds is 2. The molecule has 0 spiro atoms. The van der Waals surface area contributed by atoms with Gasteiger partial charge in [0.2, 0.25) is 0 Å². The van der Waals surface area contributed by atoms with E-state index < -0.39 is 11.9 Å². The molecule has 1 fully saturated rings. The van der Waals surface area contributed by atoms with Gasteiger partial charge in [0.15, 0.2) is 0 Å². The first kappa shape index (κ1) is 17.8. The third-order valence-corrected chi connectivity index (χ3v) is 4.68. The van der Waals surface area contributed by atoms with E-state index in [2.05, 4.69) is 30.8 Å². The molecule has 130 valence electrons. The molecule has 2 aliphatic heterocycles. The van der Waals surface area contributed by atoms with Crippen molar-refractivity contribution >= 4 is 17.6 Å². The average Bonchev–Trinajstić information content (AvgIpc) is 2.92. The van der Waals surface area contributed by atoms with Gasteiger partial charge in [0.25, 0.3) is 0 Å². The smallest absolute Gasteiger partial charge is 0.328 e. The largest absolute Gasteiger partial charge is 0.508 e. The van der Waals surface area contributed by atoms with Crippen molar-refractivity contribution in [2.45, 2.75) is 24.9 Å². The van der Waals surface area contributed by atoms with E-state index in [1.165, 1.54) is 11.3 Å². The maximum atomic E-state index is 9.65. The molecule has 3 rings (SSSR count). The zero-order valence-electron chi connectivity index (χ0n) is 13.9. The summed E-state index contributed by atoms with van der Waals surface area (Å²) in [5.41, 5.74) is 2.72. The van der Waals surface area contributed by atoms with E-state index >= 15 is 0 Å². The standard InChI is InChI=1S/C13H18N2O.C4H4O4/c1-13-6-7-14(2)12(13)15(3)11-5-4-9(16)8-10(11)13;5-3(6)1-2-4(7)8/h4-5,8,12,16H,6-7H2,1-3H3;1-2H,(H,5,6)(H,7,8)/b;2-1-/t12?,13-;/m0./s1. The molecule has 1 saturated heterocycles. The van der Waals surface area contributed by atoms with Gasteiger partial charge in [-0.3, -0.25) is 4.90 Å². The number of fused-ring (bicyclic) bond motifs is 3. The summed E-state index contributed by atoms with van der Waals surface area (Å²) < 4.78 is 0. The second-order valence-electron chi connectivity index (χ2n) is 6.34. The van der Waals surface area contributed by atoms with Gasteiger partial charge in [0, 0.05) is 36.8 Å². The van der Waals surface area contributed by atoms with Crippen molar-refractivity contribution in [1.82, 2.24) is 4.90 Å². The SMILES string of the molecule is CN1CC[C@@]2(C)c3cc(O)ccc3N(C)C12.O=C(O)/C=C\C(=O)O. The molecular weight excluding hydrogens is 312 g/mol. The summed E-state index contributed by atoms with van der Waals surface area (Å²) >= 11 is 0. The second kappa shape index (κ2) is 6.52. The van der Waals surface area contributed by atoms with Gasteiger partial charge in [0.1, 0.15) is 5.75 Å². The number of phenols is 1. The number of phenolic OH excluding ortho intramolecular Hbond substituents is 1. The fourth-order valence-electron chi connectivity index (χ4n) is 3.71. The normalized spacial score (nSPS) is 25.1. The zero-order valence-corrected chi connectivity index (χ0v) is 13.9. The van der Waals surface area contributed by atoms with Gasteiger partial charge in [-0.25, -0.2) is 9.59 Å². The minimum absolute atomic E-state index is 0.164. The molecule has 2 aliphatic rings. The Morgan fingerprint density at radius 1 is 1.21 bits per heavy atom. The van der Waals surface area contributed by atoms with Gasteiger partial charge < -0.3 is 20.2 Å². The van der Waals surface area contributed by atoms with Crippen LogP contribution in [0.2, 0.25) is 0 Å². The number of benzene rings is 1. The Kier molecular flexibility index (Phi) is 4.84. The van der Waals surface area contributed by atoms with Crippen LogP contribution in [0.4, 0.5) is 5.69 Å². The molecule has 7 heteroatoms. The summed E-state index contributed by atoms with van der Waals surface area (Å²) in [5, 5.41) is 25.3. The predicted octanol–water partition coefficient (Wildman–Crippen LogP) is 1.47. The predicted molar refractivity (Wildman–Crippen MR) is 89.3 cm³/mol. The van der Waals surface area contributed by atoms with Crippen molar-refractivity contribution < 1.29 is 24.9 Å². The van der Waals surface area contributed by atoms with E-state index in [9.17, 15) is 14.7 Å². The van der Waals surface area contributed by atoms with Crippen LogP contribution in [0.3, 0.4) is 0 Å². The highest BCUT2D eigenvalue weighted by Gasteiger charge is 2.52. The number of anilines is 1. The Hall–Kier alpha value is -2.54. The molecule has 0 bridgehead atoms. The molecule has 0 amide bonds. The molecule has 24 heavy (non-hydrogen) atoms. The lowest BCUT2D eigenvalue weighted by atomic mass is 9.81. The highest BCUT2D eigenvalue weighted by atomic mass is 16.4. The average molecular weight is 334 g/mol. The van der Waals surface area contributed by atoms with Crippen LogP contribution in [0.15, 0.2) is 30.4 Å². The first-order valence-corrected chi connectivity index (χ1v) is 7.57. The molecule has 0 radical (unpaired) electrons. The number of likely N-dealkylation sites (tertiary alicyclic amines) is 1. The van der Waals surface area contributed by atoms with E-state index in [1.54, 1.807) is 6.07 Å². The van der Waals surface area contributed by atoms with Crippen molar-refractivity contribution in [1.29, 1.82) is 0 Å². The molecule has 2 atom stereocenters.